The molecule has 0 saturated carbocycles. The Kier molecular flexibility index (Phi) is 3.38. The summed E-state index contributed by atoms with van der Waals surface area (Å²) in [5, 5.41) is 8.29. The molecule has 2 aromatic rings. The highest BCUT2D eigenvalue weighted by Gasteiger charge is 2.06. The Morgan fingerprint density at radius 2 is 2.00 bits per heavy atom. The molecule has 2 rings (SSSR count). The van der Waals surface area contributed by atoms with Crippen molar-refractivity contribution in [3.05, 3.63) is 45.7 Å². The van der Waals surface area contributed by atoms with Gasteiger partial charge in [-0.2, -0.15) is 0 Å². The highest BCUT2D eigenvalue weighted by atomic mass is 79.9. The minimum atomic E-state index is 0.547. The van der Waals surface area contributed by atoms with Crippen LogP contribution in [0.25, 0.3) is 0 Å². The first kappa shape index (κ1) is 10.6. The molecule has 0 aliphatic heterocycles. The van der Waals surface area contributed by atoms with E-state index in [4.69, 9.17) is 11.6 Å². The molecule has 0 bridgehead atoms. The summed E-state index contributed by atoms with van der Waals surface area (Å²) in [6.45, 7) is 0.738. The van der Waals surface area contributed by atoms with Crippen LogP contribution in [0.3, 0.4) is 0 Å². The average Bonchev–Trinajstić information content (AvgIpc) is 2.59. The number of aryl methyl sites for hydroxylation is 2. The summed E-state index contributed by atoms with van der Waals surface area (Å²) in [4.78, 5) is 0. The normalized spacial score (nSPS) is 10.5. The van der Waals surface area contributed by atoms with Crippen LogP contribution in [0.1, 0.15) is 5.56 Å². The van der Waals surface area contributed by atoms with Crippen molar-refractivity contribution >= 4 is 27.5 Å². The van der Waals surface area contributed by atoms with Crippen molar-refractivity contribution < 1.29 is 0 Å². The van der Waals surface area contributed by atoms with Gasteiger partial charge in [-0.3, -0.25) is 0 Å². The molecule has 3 nitrogen and oxygen atoms in total. The van der Waals surface area contributed by atoms with Crippen LogP contribution in [0.2, 0.25) is 5.15 Å². The van der Waals surface area contributed by atoms with Crippen molar-refractivity contribution in [3.63, 3.8) is 0 Å². The second kappa shape index (κ2) is 4.77. The fourth-order valence-electron chi connectivity index (χ4n) is 1.30. The lowest BCUT2D eigenvalue weighted by Gasteiger charge is -2.01. The van der Waals surface area contributed by atoms with Crippen molar-refractivity contribution in [1.29, 1.82) is 0 Å². The first-order valence-electron chi connectivity index (χ1n) is 4.56. The highest BCUT2D eigenvalue weighted by molar-refractivity contribution is 9.10. The Hall–Kier alpha value is -0.870. The van der Waals surface area contributed by atoms with Crippen LogP contribution in [-0.4, -0.2) is 15.0 Å². The molecule has 1 aromatic carbocycles. The molecular formula is C10H9BrClN3. The van der Waals surface area contributed by atoms with E-state index in [-0.39, 0.29) is 0 Å². The SMILES string of the molecule is Clc1c(Br)nnn1CCc1ccccc1. The van der Waals surface area contributed by atoms with Crippen molar-refractivity contribution in [2.75, 3.05) is 0 Å². The van der Waals surface area contributed by atoms with Gasteiger partial charge in [-0.25, -0.2) is 4.68 Å². The molecule has 5 heteroatoms. The van der Waals surface area contributed by atoms with E-state index < -0.39 is 0 Å². The van der Waals surface area contributed by atoms with Gasteiger partial charge in [-0.1, -0.05) is 47.1 Å². The molecule has 0 atom stereocenters. The Morgan fingerprint density at radius 3 is 2.60 bits per heavy atom. The van der Waals surface area contributed by atoms with E-state index in [9.17, 15) is 0 Å². The van der Waals surface area contributed by atoms with Crippen molar-refractivity contribution in [3.8, 4) is 0 Å². The molecule has 1 aromatic heterocycles. The van der Waals surface area contributed by atoms with Gasteiger partial charge >= 0.3 is 0 Å². The highest BCUT2D eigenvalue weighted by Crippen LogP contribution is 2.18. The molecule has 0 radical (unpaired) electrons. The number of hydrogen-bond acceptors (Lipinski definition) is 2. The Bertz CT molecular complexity index is 441. The largest absolute Gasteiger partial charge is 0.232 e. The van der Waals surface area contributed by atoms with Crippen LogP contribution < -0.4 is 0 Å². The van der Waals surface area contributed by atoms with Crippen LogP contribution in [0.15, 0.2) is 34.9 Å². The Balaban J connectivity index is 2.02. The number of benzene rings is 1. The molecule has 15 heavy (non-hydrogen) atoms. The topological polar surface area (TPSA) is 30.7 Å². The molecular weight excluding hydrogens is 277 g/mol. The van der Waals surface area contributed by atoms with Crippen LogP contribution in [0, 0.1) is 0 Å². The molecule has 0 N–H and O–H groups in total. The molecule has 0 aliphatic carbocycles. The maximum absolute atomic E-state index is 5.97. The number of hydrogen-bond donors (Lipinski definition) is 0. The standard InChI is InChI=1S/C10H9BrClN3/c11-9-10(12)15(14-13-9)7-6-8-4-2-1-3-5-8/h1-5H,6-7H2. The lowest BCUT2D eigenvalue weighted by Crippen LogP contribution is -2.03. The minimum Gasteiger partial charge on any atom is -0.232 e. The number of nitrogens with zero attached hydrogens (tertiary/aromatic N) is 3. The molecule has 0 aliphatic rings. The fourth-order valence-corrected chi connectivity index (χ4v) is 1.73. The third-order valence-electron chi connectivity index (χ3n) is 2.09. The van der Waals surface area contributed by atoms with E-state index in [2.05, 4.69) is 38.4 Å². The molecule has 0 unspecified atom stereocenters. The first-order valence-corrected chi connectivity index (χ1v) is 5.73. The van der Waals surface area contributed by atoms with Gasteiger partial charge in [-0.05, 0) is 27.9 Å². The van der Waals surface area contributed by atoms with Gasteiger partial charge in [0.2, 0.25) is 0 Å². The average molecular weight is 287 g/mol. The zero-order valence-electron chi connectivity index (χ0n) is 7.90. The summed E-state index contributed by atoms with van der Waals surface area (Å²) in [5.74, 6) is 0. The van der Waals surface area contributed by atoms with E-state index in [1.54, 1.807) is 4.68 Å². The molecule has 1 heterocycles. The maximum Gasteiger partial charge on any atom is 0.167 e. The van der Waals surface area contributed by atoms with Crippen molar-refractivity contribution in [1.82, 2.24) is 15.0 Å². The molecule has 0 amide bonds. The van der Waals surface area contributed by atoms with E-state index in [0.29, 0.717) is 9.76 Å². The summed E-state index contributed by atoms with van der Waals surface area (Å²) >= 11 is 9.18. The fraction of sp³-hybridized carbons (Fsp3) is 0.200. The lowest BCUT2D eigenvalue weighted by molar-refractivity contribution is 0.590. The summed E-state index contributed by atoms with van der Waals surface area (Å²) in [6, 6.07) is 10.2. The van der Waals surface area contributed by atoms with Crippen LogP contribution in [-0.2, 0) is 13.0 Å². The first-order chi connectivity index (χ1) is 7.27. The number of aromatic nitrogens is 3. The minimum absolute atomic E-state index is 0.547. The molecule has 0 fully saturated rings. The second-order valence-corrected chi connectivity index (χ2v) is 4.24. The van der Waals surface area contributed by atoms with E-state index in [1.807, 2.05) is 18.2 Å². The van der Waals surface area contributed by atoms with Gasteiger partial charge in [0.05, 0.1) is 0 Å². The van der Waals surface area contributed by atoms with Gasteiger partial charge in [0.1, 0.15) is 0 Å². The number of halogens is 2. The molecule has 0 spiro atoms. The van der Waals surface area contributed by atoms with Crippen molar-refractivity contribution in [2.45, 2.75) is 13.0 Å². The van der Waals surface area contributed by atoms with Crippen molar-refractivity contribution in [2.24, 2.45) is 0 Å². The zero-order chi connectivity index (χ0) is 10.7. The predicted octanol–water partition coefficient (Wildman–Crippen LogP) is 2.94. The summed E-state index contributed by atoms with van der Waals surface area (Å²) in [7, 11) is 0. The third-order valence-corrected chi connectivity index (χ3v) is 3.23. The van der Waals surface area contributed by atoms with Gasteiger partial charge in [0, 0.05) is 6.54 Å². The van der Waals surface area contributed by atoms with Crippen LogP contribution in [0.4, 0.5) is 0 Å². The maximum atomic E-state index is 5.97. The van der Waals surface area contributed by atoms with Gasteiger partial charge in [0.25, 0.3) is 0 Å². The quantitative estimate of drug-likeness (QED) is 0.868. The van der Waals surface area contributed by atoms with Gasteiger partial charge in [0.15, 0.2) is 9.76 Å². The smallest absolute Gasteiger partial charge is 0.167 e. The summed E-state index contributed by atoms with van der Waals surface area (Å²) in [5.41, 5.74) is 1.26. The lowest BCUT2D eigenvalue weighted by atomic mass is 10.1. The zero-order valence-corrected chi connectivity index (χ0v) is 10.2. The molecule has 0 saturated heterocycles. The summed E-state index contributed by atoms with van der Waals surface area (Å²) < 4.78 is 2.27. The summed E-state index contributed by atoms with van der Waals surface area (Å²) in [6.07, 6.45) is 0.899. The Morgan fingerprint density at radius 1 is 1.27 bits per heavy atom. The predicted molar refractivity (Wildman–Crippen MR) is 62.9 cm³/mol. The van der Waals surface area contributed by atoms with Gasteiger partial charge < -0.3 is 0 Å². The van der Waals surface area contributed by atoms with Gasteiger partial charge in [-0.15, -0.1) is 5.10 Å². The van der Waals surface area contributed by atoms with E-state index in [1.165, 1.54) is 5.56 Å². The van der Waals surface area contributed by atoms with Crippen LogP contribution in [0.5, 0.6) is 0 Å². The van der Waals surface area contributed by atoms with E-state index >= 15 is 0 Å². The number of rotatable bonds is 3. The monoisotopic (exact) mass is 285 g/mol. The van der Waals surface area contributed by atoms with Crippen LogP contribution >= 0.6 is 27.5 Å². The second-order valence-electron chi connectivity index (χ2n) is 3.13. The molecule has 78 valence electrons. The Labute approximate surface area is 101 Å². The third kappa shape index (κ3) is 2.58. The van der Waals surface area contributed by atoms with E-state index in [0.717, 1.165) is 13.0 Å².